The number of rotatable bonds is 7. The molecule has 27 heavy (non-hydrogen) atoms. The van der Waals surface area contributed by atoms with Crippen molar-refractivity contribution in [2.45, 2.75) is 51.2 Å². The quantitative estimate of drug-likeness (QED) is 0.420. The second-order valence-corrected chi connectivity index (χ2v) is 7.72. The van der Waals surface area contributed by atoms with Crippen LogP contribution in [0.25, 0.3) is 0 Å². The number of fused-ring (bicyclic) bond motifs is 1. The van der Waals surface area contributed by atoms with Gasteiger partial charge in [-0.25, -0.2) is 0 Å². The summed E-state index contributed by atoms with van der Waals surface area (Å²) in [5.41, 5.74) is 1.39. The molecule has 2 saturated heterocycles. The molecule has 0 saturated carbocycles. The Morgan fingerprint density at radius 1 is 1.26 bits per heavy atom. The Balaban J connectivity index is 1.52. The van der Waals surface area contributed by atoms with Crippen molar-refractivity contribution in [1.29, 1.82) is 0 Å². The number of ether oxygens (including phenoxy) is 2. The topological polar surface area (TPSA) is 55.8 Å². The van der Waals surface area contributed by atoms with Gasteiger partial charge in [0.15, 0.2) is 0 Å². The highest BCUT2D eigenvalue weighted by atomic mass is 16.6. The number of benzene rings is 1. The summed E-state index contributed by atoms with van der Waals surface area (Å²) in [6.07, 6.45) is 7.47. The van der Waals surface area contributed by atoms with Crippen molar-refractivity contribution in [3.05, 3.63) is 42.0 Å². The molecule has 3 aliphatic rings. The van der Waals surface area contributed by atoms with E-state index in [1.54, 1.807) is 4.90 Å². The molecule has 5 nitrogen and oxygen atoms in total. The highest BCUT2D eigenvalue weighted by Gasteiger charge is 2.67. The summed E-state index contributed by atoms with van der Waals surface area (Å²) < 4.78 is 11.6. The third kappa shape index (κ3) is 2.98. The number of esters is 1. The van der Waals surface area contributed by atoms with E-state index in [2.05, 4.69) is 13.8 Å². The molecular formula is C22H27NO4. The number of amides is 1. The van der Waals surface area contributed by atoms with Gasteiger partial charge in [-0.2, -0.15) is 0 Å². The standard InChI is InChI=1S/C22H27NO4/c1-3-5-6-13-26-21(25)18-17-11-12-22(27-17)14-23(20(24)19(18)22)16-9-7-15(4-2)8-10-16/h7-12,17-19H,3-6,13-14H2,1-2H3/t17-,18+,19+,22-/m1/s1. The minimum atomic E-state index is -0.696. The third-order valence-corrected chi connectivity index (χ3v) is 6.02. The number of carbonyl (C=O) groups is 2. The fourth-order valence-electron chi connectivity index (χ4n) is 4.52. The van der Waals surface area contributed by atoms with E-state index < -0.39 is 17.4 Å². The molecule has 1 amide bonds. The van der Waals surface area contributed by atoms with Gasteiger partial charge in [0.05, 0.1) is 25.2 Å². The minimum Gasteiger partial charge on any atom is -0.465 e. The average Bonchev–Trinajstić information content (AvgIpc) is 3.33. The van der Waals surface area contributed by atoms with Gasteiger partial charge in [-0.3, -0.25) is 9.59 Å². The zero-order valence-corrected chi connectivity index (χ0v) is 16.0. The Hall–Kier alpha value is -2.14. The fourth-order valence-corrected chi connectivity index (χ4v) is 4.52. The van der Waals surface area contributed by atoms with Crippen molar-refractivity contribution < 1.29 is 19.1 Å². The van der Waals surface area contributed by atoms with Crippen LogP contribution in [0.4, 0.5) is 5.69 Å². The predicted octanol–water partition coefficient (Wildman–Crippen LogP) is 3.27. The molecule has 0 aromatic heterocycles. The van der Waals surface area contributed by atoms with Crippen molar-refractivity contribution in [2.24, 2.45) is 11.8 Å². The highest BCUT2D eigenvalue weighted by Crippen LogP contribution is 2.52. The second-order valence-electron chi connectivity index (χ2n) is 7.72. The number of hydrogen-bond donors (Lipinski definition) is 0. The van der Waals surface area contributed by atoms with E-state index in [4.69, 9.17) is 9.47 Å². The van der Waals surface area contributed by atoms with Gasteiger partial charge in [-0.15, -0.1) is 0 Å². The Labute approximate surface area is 160 Å². The van der Waals surface area contributed by atoms with Crippen molar-refractivity contribution in [1.82, 2.24) is 0 Å². The SMILES string of the molecule is CCCCCOC(=O)[C@@H]1[C@H]2C(=O)N(c3ccc(CC)cc3)C[C@]23C=C[C@H]1O3. The van der Waals surface area contributed by atoms with Crippen LogP contribution in [0, 0.1) is 11.8 Å². The second kappa shape index (κ2) is 7.12. The summed E-state index contributed by atoms with van der Waals surface area (Å²) in [7, 11) is 0. The van der Waals surface area contributed by atoms with Gasteiger partial charge in [0.2, 0.25) is 5.91 Å². The van der Waals surface area contributed by atoms with Crippen molar-refractivity contribution in [3.8, 4) is 0 Å². The summed E-state index contributed by atoms with van der Waals surface area (Å²) in [5, 5.41) is 0. The van der Waals surface area contributed by atoms with Crippen LogP contribution in [0.15, 0.2) is 36.4 Å². The molecule has 0 unspecified atom stereocenters. The maximum absolute atomic E-state index is 13.2. The van der Waals surface area contributed by atoms with Gasteiger partial charge >= 0.3 is 5.97 Å². The Morgan fingerprint density at radius 2 is 2.04 bits per heavy atom. The lowest BCUT2D eigenvalue weighted by atomic mass is 9.77. The smallest absolute Gasteiger partial charge is 0.312 e. The molecule has 144 valence electrons. The van der Waals surface area contributed by atoms with E-state index in [-0.39, 0.29) is 18.0 Å². The van der Waals surface area contributed by atoms with Crippen LogP contribution >= 0.6 is 0 Å². The first-order valence-electron chi connectivity index (χ1n) is 10.0. The molecule has 0 N–H and O–H groups in total. The summed E-state index contributed by atoms with van der Waals surface area (Å²) in [6, 6.07) is 8.04. The Bertz CT molecular complexity index is 756. The first-order chi connectivity index (χ1) is 13.1. The zero-order chi connectivity index (χ0) is 19.0. The van der Waals surface area contributed by atoms with Gasteiger partial charge in [0.25, 0.3) is 0 Å². The van der Waals surface area contributed by atoms with Crippen molar-refractivity contribution in [2.75, 3.05) is 18.1 Å². The van der Waals surface area contributed by atoms with Gasteiger partial charge < -0.3 is 14.4 Å². The molecule has 0 radical (unpaired) electrons. The first kappa shape index (κ1) is 18.2. The molecule has 4 rings (SSSR count). The third-order valence-electron chi connectivity index (χ3n) is 6.02. The lowest BCUT2D eigenvalue weighted by molar-refractivity contribution is -0.152. The van der Waals surface area contributed by atoms with E-state index >= 15 is 0 Å². The van der Waals surface area contributed by atoms with Crippen LogP contribution in [0.2, 0.25) is 0 Å². The monoisotopic (exact) mass is 369 g/mol. The number of anilines is 1. The van der Waals surface area contributed by atoms with Crippen molar-refractivity contribution >= 4 is 17.6 Å². The highest BCUT2D eigenvalue weighted by molar-refractivity contribution is 6.02. The molecular weight excluding hydrogens is 342 g/mol. The summed E-state index contributed by atoms with van der Waals surface area (Å²) in [5.74, 6) is -1.37. The van der Waals surface area contributed by atoms with E-state index in [0.29, 0.717) is 13.2 Å². The number of unbranched alkanes of at least 4 members (excludes halogenated alkanes) is 2. The van der Waals surface area contributed by atoms with Gasteiger partial charge in [0, 0.05) is 5.69 Å². The maximum atomic E-state index is 13.2. The number of aryl methyl sites for hydroxylation is 1. The molecule has 3 aliphatic heterocycles. The number of carbonyl (C=O) groups excluding carboxylic acids is 2. The molecule has 4 atom stereocenters. The first-order valence-corrected chi connectivity index (χ1v) is 10.0. The lowest BCUT2D eigenvalue weighted by Gasteiger charge is -2.22. The van der Waals surface area contributed by atoms with Crippen LogP contribution in [0.5, 0.6) is 0 Å². The van der Waals surface area contributed by atoms with E-state index in [1.165, 1.54) is 5.56 Å². The molecule has 0 aliphatic carbocycles. The Morgan fingerprint density at radius 3 is 2.74 bits per heavy atom. The van der Waals surface area contributed by atoms with Crippen LogP contribution in [0.3, 0.4) is 0 Å². The van der Waals surface area contributed by atoms with Gasteiger partial charge in [-0.05, 0) is 30.5 Å². The van der Waals surface area contributed by atoms with Crippen LogP contribution in [0.1, 0.15) is 38.7 Å². The van der Waals surface area contributed by atoms with Gasteiger partial charge in [-0.1, -0.05) is 51.0 Å². The summed E-state index contributed by atoms with van der Waals surface area (Å²) >= 11 is 0. The molecule has 1 aromatic carbocycles. The minimum absolute atomic E-state index is 0.0402. The predicted molar refractivity (Wildman–Crippen MR) is 102 cm³/mol. The summed E-state index contributed by atoms with van der Waals surface area (Å²) in [6.45, 7) is 5.08. The van der Waals surface area contributed by atoms with E-state index in [0.717, 1.165) is 31.4 Å². The van der Waals surface area contributed by atoms with Crippen LogP contribution in [-0.4, -0.2) is 36.7 Å². The fraction of sp³-hybridized carbons (Fsp3) is 0.545. The molecule has 2 bridgehead atoms. The number of nitrogens with zero attached hydrogens (tertiary/aromatic N) is 1. The molecule has 5 heteroatoms. The number of hydrogen-bond acceptors (Lipinski definition) is 4. The van der Waals surface area contributed by atoms with Crippen LogP contribution < -0.4 is 4.90 Å². The lowest BCUT2D eigenvalue weighted by Crippen LogP contribution is -2.40. The van der Waals surface area contributed by atoms with Crippen molar-refractivity contribution in [3.63, 3.8) is 0 Å². The van der Waals surface area contributed by atoms with Gasteiger partial charge in [0.1, 0.15) is 11.5 Å². The summed E-state index contributed by atoms with van der Waals surface area (Å²) in [4.78, 5) is 27.7. The van der Waals surface area contributed by atoms with Crippen LogP contribution in [-0.2, 0) is 25.5 Å². The molecule has 1 aromatic rings. The van der Waals surface area contributed by atoms with E-state index in [1.807, 2.05) is 36.4 Å². The molecule has 3 heterocycles. The largest absolute Gasteiger partial charge is 0.465 e. The van der Waals surface area contributed by atoms with E-state index in [9.17, 15) is 9.59 Å². The average molecular weight is 369 g/mol. The Kier molecular flexibility index (Phi) is 4.81. The normalized spacial score (nSPS) is 30.8. The molecule has 2 fully saturated rings. The zero-order valence-electron chi connectivity index (χ0n) is 16.0. The molecule has 1 spiro atoms. The maximum Gasteiger partial charge on any atom is 0.312 e.